The number of aromatic nitrogens is 8. The van der Waals surface area contributed by atoms with Gasteiger partial charge in [0.25, 0.3) is 5.91 Å². The summed E-state index contributed by atoms with van der Waals surface area (Å²) in [5.74, 6) is 2.05. The number of methoxy groups -OCH3 is 1. The summed E-state index contributed by atoms with van der Waals surface area (Å²) in [4.78, 5) is 18.3. The molecule has 1 aromatic carbocycles. The Morgan fingerprint density at radius 3 is 2.45 bits per heavy atom. The second-order valence-corrected chi connectivity index (χ2v) is 14.9. The SMILES string of the molecule is CCc1ccc(N2CC(CCO[C@H](C(=O)Nc3nnc(N[C@@H]4CCN(c5ccc(C)nn5)C4)s3)c3cccc(OC)c3)[C@@H](Nc3nnc(N)s3)C2)nn1. The summed E-state index contributed by atoms with van der Waals surface area (Å²) in [5, 5.41) is 46.0. The van der Waals surface area contributed by atoms with Crippen LogP contribution in [0.25, 0.3) is 0 Å². The van der Waals surface area contributed by atoms with Gasteiger partial charge in [0.05, 0.1) is 24.5 Å². The minimum absolute atomic E-state index is 0.00628. The van der Waals surface area contributed by atoms with Gasteiger partial charge in [-0.25, -0.2) is 0 Å². The summed E-state index contributed by atoms with van der Waals surface area (Å²) in [6.07, 6.45) is 1.45. The van der Waals surface area contributed by atoms with E-state index in [2.05, 4.69) is 73.5 Å². The molecule has 17 nitrogen and oxygen atoms in total. The number of nitrogen functional groups attached to an aromatic ring is 1. The van der Waals surface area contributed by atoms with Gasteiger partial charge in [-0.05, 0) is 68.1 Å². The standard InChI is InChI=1S/C34H42N14O3S2/c1-4-23-9-11-28(42-40-23)48-17-22(26(19-48)37-33-44-43-31(35)52-33)13-15-51-29(21-6-5-7-25(16-21)50-3)30(49)38-34-46-45-32(53-34)36-24-12-14-47(18-24)27-10-8-20(2)39-41-27/h5-11,16,22,24,26,29H,4,12-15,17-19H2,1-3H3,(H2,35,43)(H,36,45)(H,37,44)(H,38,46,49)/t22?,24-,26+,29+/m1/s1. The number of nitrogens with two attached hydrogens (primary N) is 1. The van der Waals surface area contributed by atoms with Gasteiger partial charge >= 0.3 is 0 Å². The molecule has 1 amide bonds. The van der Waals surface area contributed by atoms with Crippen LogP contribution in [-0.4, -0.2) is 98.7 Å². The van der Waals surface area contributed by atoms with Crippen molar-refractivity contribution < 1.29 is 14.3 Å². The van der Waals surface area contributed by atoms with Crippen molar-refractivity contribution in [3.05, 3.63) is 65.5 Å². The van der Waals surface area contributed by atoms with Gasteiger partial charge < -0.3 is 35.6 Å². The number of rotatable bonds is 15. The minimum atomic E-state index is -0.927. The van der Waals surface area contributed by atoms with Crippen LogP contribution in [0.5, 0.6) is 5.75 Å². The van der Waals surface area contributed by atoms with Crippen LogP contribution >= 0.6 is 22.7 Å². The number of hydrogen-bond donors (Lipinski definition) is 4. The Bertz CT molecular complexity index is 1960. The van der Waals surface area contributed by atoms with Crippen LogP contribution in [0.2, 0.25) is 0 Å². The summed E-state index contributed by atoms with van der Waals surface area (Å²) < 4.78 is 11.9. The average molecular weight is 759 g/mol. The number of nitrogens with one attached hydrogen (secondary N) is 3. The molecule has 4 aromatic heterocycles. The second-order valence-electron chi connectivity index (χ2n) is 12.9. The van der Waals surface area contributed by atoms with Crippen molar-refractivity contribution in [3.8, 4) is 5.75 Å². The zero-order valence-electron chi connectivity index (χ0n) is 29.7. The third kappa shape index (κ3) is 9.03. The van der Waals surface area contributed by atoms with Crippen molar-refractivity contribution in [1.82, 2.24) is 40.8 Å². The highest BCUT2D eigenvalue weighted by Gasteiger charge is 2.35. The average Bonchev–Trinajstić information content (AvgIpc) is 4.00. The normalized spacial score (nSPS) is 19.0. The molecule has 1 unspecified atom stereocenters. The monoisotopic (exact) mass is 758 g/mol. The minimum Gasteiger partial charge on any atom is -0.497 e. The highest BCUT2D eigenvalue weighted by molar-refractivity contribution is 7.19. The summed E-state index contributed by atoms with van der Waals surface area (Å²) in [6, 6.07) is 15.4. The number of anilines is 6. The molecule has 5 N–H and O–H groups in total. The molecule has 0 saturated carbocycles. The van der Waals surface area contributed by atoms with Crippen LogP contribution in [0.1, 0.15) is 42.8 Å². The van der Waals surface area contributed by atoms with Crippen LogP contribution in [0, 0.1) is 12.8 Å². The first-order valence-electron chi connectivity index (χ1n) is 17.5. The Balaban J connectivity index is 1.00. The molecule has 0 bridgehead atoms. The Morgan fingerprint density at radius 2 is 1.70 bits per heavy atom. The molecule has 19 heteroatoms. The number of carbonyl (C=O) groups excluding carboxylic acids is 1. The lowest BCUT2D eigenvalue weighted by molar-refractivity contribution is -0.128. The zero-order valence-corrected chi connectivity index (χ0v) is 31.3. The number of aryl methyl sites for hydroxylation is 2. The highest BCUT2D eigenvalue weighted by atomic mass is 32.1. The fourth-order valence-electron chi connectivity index (χ4n) is 6.47. The lowest BCUT2D eigenvalue weighted by atomic mass is 10.0. The Kier molecular flexibility index (Phi) is 11.3. The molecule has 2 fully saturated rings. The van der Waals surface area contributed by atoms with Crippen molar-refractivity contribution in [1.29, 1.82) is 0 Å². The van der Waals surface area contributed by atoms with Crippen molar-refractivity contribution in [3.63, 3.8) is 0 Å². The van der Waals surface area contributed by atoms with E-state index in [-0.39, 0.29) is 23.9 Å². The quantitative estimate of drug-likeness (QED) is 0.120. The van der Waals surface area contributed by atoms with E-state index < -0.39 is 6.10 Å². The van der Waals surface area contributed by atoms with Gasteiger partial charge in [0.1, 0.15) is 5.75 Å². The highest BCUT2D eigenvalue weighted by Crippen LogP contribution is 2.31. The molecule has 0 radical (unpaired) electrons. The fourth-order valence-corrected chi connectivity index (χ4v) is 7.76. The van der Waals surface area contributed by atoms with Gasteiger partial charge in [0.15, 0.2) is 17.7 Å². The molecule has 5 aromatic rings. The molecule has 278 valence electrons. The molecule has 2 saturated heterocycles. The Hall–Kier alpha value is -5.27. The van der Waals surface area contributed by atoms with E-state index in [0.29, 0.717) is 58.0 Å². The second kappa shape index (κ2) is 16.6. The third-order valence-electron chi connectivity index (χ3n) is 9.27. The van der Waals surface area contributed by atoms with Crippen LogP contribution in [0.3, 0.4) is 0 Å². The third-order valence-corrected chi connectivity index (χ3v) is 10.7. The van der Waals surface area contributed by atoms with Gasteiger partial charge in [0, 0.05) is 44.7 Å². The number of benzene rings is 1. The molecular weight excluding hydrogens is 717 g/mol. The molecule has 2 aliphatic heterocycles. The van der Waals surface area contributed by atoms with Crippen LogP contribution in [-0.2, 0) is 16.0 Å². The summed E-state index contributed by atoms with van der Waals surface area (Å²) in [5.41, 5.74) is 8.35. The van der Waals surface area contributed by atoms with Crippen molar-refractivity contribution in [2.45, 2.75) is 51.3 Å². The van der Waals surface area contributed by atoms with Crippen LogP contribution < -0.4 is 36.2 Å². The Labute approximate surface area is 314 Å². The van der Waals surface area contributed by atoms with E-state index >= 15 is 0 Å². The lowest BCUT2D eigenvalue weighted by Crippen LogP contribution is -2.30. The first kappa shape index (κ1) is 36.1. The maximum Gasteiger partial charge on any atom is 0.259 e. The van der Waals surface area contributed by atoms with Crippen LogP contribution in [0.4, 0.5) is 32.2 Å². The smallest absolute Gasteiger partial charge is 0.259 e. The Morgan fingerprint density at radius 1 is 0.906 bits per heavy atom. The van der Waals surface area contributed by atoms with E-state index in [1.54, 1.807) is 7.11 Å². The number of hydrogen-bond acceptors (Lipinski definition) is 18. The predicted octanol–water partition coefficient (Wildman–Crippen LogP) is 3.83. The van der Waals surface area contributed by atoms with E-state index in [1.807, 2.05) is 55.5 Å². The molecule has 4 atom stereocenters. The molecule has 2 aliphatic rings. The molecule has 0 spiro atoms. The summed E-state index contributed by atoms with van der Waals surface area (Å²) in [6.45, 7) is 7.27. The van der Waals surface area contributed by atoms with E-state index in [4.69, 9.17) is 15.2 Å². The number of amides is 1. The summed E-state index contributed by atoms with van der Waals surface area (Å²) in [7, 11) is 1.59. The topological polar surface area (TPSA) is 207 Å². The number of carbonyl (C=O) groups is 1. The van der Waals surface area contributed by atoms with Crippen LogP contribution in [0.15, 0.2) is 48.5 Å². The first-order chi connectivity index (χ1) is 25.8. The van der Waals surface area contributed by atoms with E-state index in [0.717, 1.165) is 49.0 Å². The molecule has 53 heavy (non-hydrogen) atoms. The van der Waals surface area contributed by atoms with Gasteiger partial charge in [-0.3, -0.25) is 10.1 Å². The molecule has 6 heterocycles. The zero-order chi connectivity index (χ0) is 36.7. The van der Waals surface area contributed by atoms with E-state index in [9.17, 15) is 4.79 Å². The van der Waals surface area contributed by atoms with Crippen molar-refractivity contribution in [2.75, 3.05) is 71.4 Å². The number of nitrogens with zero attached hydrogens (tertiary/aromatic N) is 10. The lowest BCUT2D eigenvalue weighted by Gasteiger charge is -2.21. The van der Waals surface area contributed by atoms with Crippen molar-refractivity contribution in [2.24, 2.45) is 5.92 Å². The predicted molar refractivity (Wildman–Crippen MR) is 205 cm³/mol. The fraction of sp³-hybridized carbons (Fsp3) is 0.441. The molecule has 0 aliphatic carbocycles. The van der Waals surface area contributed by atoms with Gasteiger partial charge in [-0.1, -0.05) is 41.7 Å². The van der Waals surface area contributed by atoms with Gasteiger partial charge in [-0.2, -0.15) is 10.2 Å². The molecular formula is C34H42N14O3S2. The maximum absolute atomic E-state index is 13.9. The first-order valence-corrected chi connectivity index (χ1v) is 19.1. The van der Waals surface area contributed by atoms with Gasteiger partial charge in [0.2, 0.25) is 20.5 Å². The van der Waals surface area contributed by atoms with Gasteiger partial charge in [-0.15, -0.1) is 30.6 Å². The van der Waals surface area contributed by atoms with Crippen molar-refractivity contribution >= 4 is 60.7 Å². The molecule has 7 rings (SSSR count). The number of ether oxygens (including phenoxy) is 2. The van der Waals surface area contributed by atoms with E-state index in [1.165, 1.54) is 22.7 Å². The largest absolute Gasteiger partial charge is 0.497 e. The summed E-state index contributed by atoms with van der Waals surface area (Å²) >= 11 is 2.58. The maximum atomic E-state index is 13.9.